The standard InChI is InChI=1S/C22H21BrN4O5/c1-13-7-8-32-25-17(23)9-15-10-26(13)22(30)18-20(31-12-14-5-3-2-4-6-14)19(28)16(21(24)29)11-27(15)18/h2-8,11,13,15H,9-10,12H2,1H3,(H2,24,29)/b8-7-,25-17+/t13-,15-/m0/s1. The largest absolute Gasteiger partial charge is 0.483 e. The monoisotopic (exact) mass is 500 g/mol. The fourth-order valence-corrected chi connectivity index (χ4v) is 4.22. The molecule has 0 aliphatic carbocycles. The molecule has 2 aliphatic rings. The van der Waals surface area contributed by atoms with Crippen LogP contribution in [0.15, 0.2) is 58.8 Å². The Morgan fingerprint density at radius 1 is 1.31 bits per heavy atom. The summed E-state index contributed by atoms with van der Waals surface area (Å²) in [5, 5.41) is 3.98. The van der Waals surface area contributed by atoms with Crippen molar-refractivity contribution in [1.29, 1.82) is 0 Å². The van der Waals surface area contributed by atoms with Gasteiger partial charge in [0, 0.05) is 19.2 Å². The minimum Gasteiger partial charge on any atom is -0.483 e. The number of hydrogen-bond donors (Lipinski definition) is 1. The zero-order chi connectivity index (χ0) is 22.8. The topological polar surface area (TPSA) is 116 Å². The molecule has 3 heterocycles. The molecular weight excluding hydrogens is 480 g/mol. The van der Waals surface area contributed by atoms with E-state index < -0.39 is 11.3 Å². The molecule has 0 fully saturated rings. The second kappa shape index (κ2) is 8.99. The van der Waals surface area contributed by atoms with Crippen molar-refractivity contribution in [3.05, 3.63) is 75.9 Å². The molecule has 166 valence electrons. The third kappa shape index (κ3) is 4.18. The zero-order valence-corrected chi connectivity index (χ0v) is 18.8. The zero-order valence-electron chi connectivity index (χ0n) is 17.2. The molecular formula is C22H21BrN4O5. The van der Waals surface area contributed by atoms with E-state index in [1.165, 1.54) is 12.5 Å². The molecule has 0 saturated carbocycles. The van der Waals surface area contributed by atoms with E-state index in [9.17, 15) is 14.4 Å². The number of carbonyl (C=O) groups excluding carboxylic acids is 2. The molecule has 2 atom stereocenters. The molecule has 0 saturated heterocycles. The van der Waals surface area contributed by atoms with Gasteiger partial charge in [-0.05, 0) is 34.5 Å². The minimum atomic E-state index is -0.892. The summed E-state index contributed by atoms with van der Waals surface area (Å²) in [6, 6.07) is 8.57. The summed E-state index contributed by atoms with van der Waals surface area (Å²) >= 11 is 3.37. The van der Waals surface area contributed by atoms with Gasteiger partial charge in [0.15, 0.2) is 11.4 Å². The molecule has 1 aromatic heterocycles. The number of pyridine rings is 1. The lowest BCUT2D eigenvalue weighted by Gasteiger charge is -2.39. The van der Waals surface area contributed by atoms with Gasteiger partial charge in [0.05, 0.1) is 12.1 Å². The van der Waals surface area contributed by atoms with Crippen LogP contribution in [-0.2, 0) is 11.4 Å². The number of rotatable bonds is 4. The van der Waals surface area contributed by atoms with E-state index in [1.54, 1.807) is 15.5 Å². The molecule has 9 nitrogen and oxygen atoms in total. The van der Waals surface area contributed by atoms with E-state index in [4.69, 9.17) is 15.3 Å². The van der Waals surface area contributed by atoms with E-state index in [-0.39, 0.29) is 41.6 Å². The number of primary amides is 1. The molecule has 2 N–H and O–H groups in total. The van der Waals surface area contributed by atoms with Crippen molar-refractivity contribution in [3.8, 4) is 5.75 Å². The van der Waals surface area contributed by atoms with Gasteiger partial charge in [-0.15, -0.1) is 0 Å². The fourth-order valence-electron chi connectivity index (χ4n) is 3.76. The van der Waals surface area contributed by atoms with Crippen LogP contribution < -0.4 is 15.9 Å². The van der Waals surface area contributed by atoms with Gasteiger partial charge in [0.25, 0.3) is 11.8 Å². The maximum atomic E-state index is 13.5. The van der Waals surface area contributed by atoms with Crippen LogP contribution in [0.1, 0.15) is 45.8 Å². The Kier molecular flexibility index (Phi) is 6.13. The molecule has 2 bridgehead atoms. The number of hydrogen-bond acceptors (Lipinski definition) is 6. The second-order valence-electron chi connectivity index (χ2n) is 7.55. The first-order valence-corrected chi connectivity index (χ1v) is 10.8. The molecule has 1 aromatic carbocycles. The van der Waals surface area contributed by atoms with Gasteiger partial charge in [0.1, 0.15) is 23.1 Å². The van der Waals surface area contributed by atoms with Crippen molar-refractivity contribution >= 4 is 32.4 Å². The number of nitrogens with two attached hydrogens (primary N) is 1. The molecule has 32 heavy (non-hydrogen) atoms. The number of aromatic nitrogens is 1. The fraction of sp³-hybridized carbons (Fsp3) is 0.273. The lowest BCUT2D eigenvalue weighted by molar-refractivity contribution is 0.0615. The predicted molar refractivity (Wildman–Crippen MR) is 121 cm³/mol. The molecule has 0 unspecified atom stereocenters. The smallest absolute Gasteiger partial charge is 0.275 e. The number of fused-ring (bicyclic) bond motifs is 4. The molecule has 2 amide bonds. The molecule has 2 aliphatic heterocycles. The third-order valence-electron chi connectivity index (χ3n) is 5.41. The van der Waals surface area contributed by atoms with Gasteiger partial charge in [0.2, 0.25) is 5.43 Å². The number of ether oxygens (including phenoxy) is 1. The first kappa shape index (κ1) is 21.8. The quantitative estimate of drug-likeness (QED) is 0.692. The Hall–Kier alpha value is -3.40. The first-order chi connectivity index (χ1) is 15.4. The van der Waals surface area contributed by atoms with Crippen LogP contribution in [0.2, 0.25) is 0 Å². The highest BCUT2D eigenvalue weighted by Crippen LogP contribution is 2.32. The highest BCUT2D eigenvalue weighted by atomic mass is 79.9. The Balaban J connectivity index is 1.88. The maximum Gasteiger partial charge on any atom is 0.275 e. The van der Waals surface area contributed by atoms with Crippen LogP contribution in [0.25, 0.3) is 0 Å². The summed E-state index contributed by atoms with van der Waals surface area (Å²) in [6.07, 6.45) is 4.80. The summed E-state index contributed by atoms with van der Waals surface area (Å²) in [6.45, 7) is 2.23. The first-order valence-electron chi connectivity index (χ1n) is 9.98. The summed E-state index contributed by atoms with van der Waals surface area (Å²) in [4.78, 5) is 45.4. The van der Waals surface area contributed by atoms with Crippen molar-refractivity contribution in [2.24, 2.45) is 10.9 Å². The minimum absolute atomic E-state index is 0.0533. The Labute approximate surface area is 192 Å². The van der Waals surface area contributed by atoms with Gasteiger partial charge in [-0.1, -0.05) is 35.5 Å². The Morgan fingerprint density at radius 3 is 2.78 bits per heavy atom. The highest BCUT2D eigenvalue weighted by Gasteiger charge is 2.38. The second-order valence-corrected chi connectivity index (χ2v) is 8.47. The molecule has 0 radical (unpaired) electrons. The van der Waals surface area contributed by atoms with E-state index in [1.807, 2.05) is 37.3 Å². The summed E-state index contributed by atoms with van der Waals surface area (Å²) in [5.41, 5.74) is 5.41. The maximum absolute atomic E-state index is 13.5. The number of halogens is 1. The lowest BCUT2D eigenvalue weighted by Crippen LogP contribution is -2.49. The van der Waals surface area contributed by atoms with Gasteiger partial charge < -0.3 is 24.8 Å². The van der Waals surface area contributed by atoms with E-state index >= 15 is 0 Å². The van der Waals surface area contributed by atoms with Crippen LogP contribution in [0.5, 0.6) is 5.75 Å². The number of carbonyl (C=O) groups is 2. The van der Waals surface area contributed by atoms with Crippen LogP contribution in [0.3, 0.4) is 0 Å². The van der Waals surface area contributed by atoms with Crippen molar-refractivity contribution < 1.29 is 19.2 Å². The van der Waals surface area contributed by atoms with E-state index in [0.29, 0.717) is 17.6 Å². The Bertz CT molecular complexity index is 1170. The van der Waals surface area contributed by atoms with Crippen molar-refractivity contribution in [2.45, 2.75) is 32.0 Å². The van der Waals surface area contributed by atoms with Gasteiger partial charge >= 0.3 is 0 Å². The average Bonchev–Trinajstić information content (AvgIpc) is 2.77. The van der Waals surface area contributed by atoms with Crippen molar-refractivity contribution in [2.75, 3.05) is 6.54 Å². The summed E-state index contributed by atoms with van der Waals surface area (Å²) in [5.74, 6) is -1.47. The van der Waals surface area contributed by atoms with Crippen LogP contribution in [0, 0.1) is 0 Å². The SMILES string of the molecule is C[C@H]1/C=C\O/N=C(/Br)C[C@H]2CN1C(=O)c1c(OCc3ccccc3)c(=O)c(C(N)=O)cn12. The molecule has 0 spiro atoms. The number of nitrogens with zero attached hydrogens (tertiary/aromatic N) is 3. The number of benzene rings is 1. The Morgan fingerprint density at radius 2 is 2.06 bits per heavy atom. The van der Waals surface area contributed by atoms with Crippen LogP contribution >= 0.6 is 15.9 Å². The molecule has 10 heteroatoms. The van der Waals surface area contributed by atoms with E-state index in [0.717, 1.165) is 5.56 Å². The normalized spacial score (nSPS) is 22.8. The van der Waals surface area contributed by atoms with Gasteiger partial charge in [-0.25, -0.2) is 0 Å². The summed E-state index contributed by atoms with van der Waals surface area (Å²) in [7, 11) is 0. The number of oxime groups is 1. The summed E-state index contributed by atoms with van der Waals surface area (Å²) < 4.78 is 7.96. The van der Waals surface area contributed by atoms with Crippen molar-refractivity contribution in [1.82, 2.24) is 9.47 Å². The van der Waals surface area contributed by atoms with Gasteiger partial charge in [-0.3, -0.25) is 14.4 Å². The average molecular weight is 501 g/mol. The number of amides is 2. The lowest BCUT2D eigenvalue weighted by atomic mass is 10.0. The molecule has 4 rings (SSSR count). The van der Waals surface area contributed by atoms with Crippen molar-refractivity contribution in [3.63, 3.8) is 0 Å². The predicted octanol–water partition coefficient (Wildman–Crippen LogP) is 2.55. The van der Waals surface area contributed by atoms with Crippen LogP contribution in [-0.4, -0.2) is 38.5 Å². The van der Waals surface area contributed by atoms with E-state index in [2.05, 4.69) is 21.1 Å². The third-order valence-corrected chi connectivity index (χ3v) is 5.88. The van der Waals surface area contributed by atoms with Gasteiger partial charge in [-0.2, -0.15) is 0 Å². The molecule has 2 aromatic rings. The highest BCUT2D eigenvalue weighted by molar-refractivity contribution is 9.18. The van der Waals surface area contributed by atoms with Crippen LogP contribution in [0.4, 0.5) is 0 Å².